The molecule has 28 heavy (non-hydrogen) atoms. The zero-order valence-electron chi connectivity index (χ0n) is 15.7. The summed E-state index contributed by atoms with van der Waals surface area (Å²) in [5.41, 5.74) is 9.33. The van der Waals surface area contributed by atoms with E-state index < -0.39 is 12.0 Å². The maximum absolute atomic E-state index is 12.5. The molecule has 0 saturated carbocycles. The number of hydrogen-bond acceptors (Lipinski definition) is 5. The van der Waals surface area contributed by atoms with Crippen molar-refractivity contribution in [2.75, 3.05) is 6.61 Å². The van der Waals surface area contributed by atoms with Crippen LogP contribution in [0.3, 0.4) is 0 Å². The number of primary amides is 1. The monoisotopic (exact) mass is 378 g/mol. The summed E-state index contributed by atoms with van der Waals surface area (Å²) in [6.07, 6.45) is 0.552. The molecule has 6 nitrogen and oxygen atoms in total. The van der Waals surface area contributed by atoms with Crippen LogP contribution in [0.4, 0.5) is 0 Å². The van der Waals surface area contributed by atoms with Gasteiger partial charge in [-0.3, -0.25) is 9.69 Å². The smallest absolute Gasteiger partial charge is 0.374 e. The largest absolute Gasteiger partial charge is 0.460 e. The minimum atomic E-state index is -0.498. The lowest BCUT2D eigenvalue weighted by atomic mass is 9.93. The molecule has 0 saturated heterocycles. The molecule has 4 rings (SSSR count). The van der Waals surface area contributed by atoms with Gasteiger partial charge in [-0.1, -0.05) is 42.5 Å². The molecule has 2 heterocycles. The molecule has 0 unspecified atom stereocenters. The number of para-hydroxylation sites is 1. The predicted molar refractivity (Wildman–Crippen MR) is 105 cm³/mol. The second kappa shape index (κ2) is 7.48. The highest BCUT2D eigenvalue weighted by Crippen LogP contribution is 2.31. The first-order valence-electron chi connectivity index (χ1n) is 9.36. The topological polar surface area (TPSA) is 85.8 Å². The highest BCUT2D eigenvalue weighted by Gasteiger charge is 2.32. The molecule has 1 aliphatic heterocycles. The van der Waals surface area contributed by atoms with Crippen LogP contribution in [0.25, 0.3) is 11.0 Å². The highest BCUT2D eigenvalue weighted by atomic mass is 16.5. The van der Waals surface area contributed by atoms with Crippen LogP contribution in [0.15, 0.2) is 52.9 Å². The average Bonchev–Trinajstić information content (AvgIpc) is 3.06. The molecule has 1 aromatic heterocycles. The maximum Gasteiger partial charge on any atom is 0.374 e. The number of carbonyl (C=O) groups is 2. The number of hydrogen-bond donors (Lipinski definition) is 1. The summed E-state index contributed by atoms with van der Waals surface area (Å²) in [7, 11) is 0. The van der Waals surface area contributed by atoms with E-state index in [1.807, 2.05) is 47.4 Å². The van der Waals surface area contributed by atoms with Crippen molar-refractivity contribution in [1.82, 2.24) is 4.90 Å². The van der Waals surface area contributed by atoms with Gasteiger partial charge in [0.1, 0.15) is 5.58 Å². The van der Waals surface area contributed by atoms with Gasteiger partial charge in [-0.05, 0) is 30.5 Å². The first kappa shape index (κ1) is 18.3. The van der Waals surface area contributed by atoms with Gasteiger partial charge in [0.25, 0.3) is 0 Å². The lowest BCUT2D eigenvalue weighted by molar-refractivity contribution is -0.124. The quantitative estimate of drug-likeness (QED) is 0.690. The Bertz CT molecular complexity index is 1040. The number of nitrogens with zero attached hydrogens (tertiary/aromatic N) is 1. The van der Waals surface area contributed by atoms with E-state index in [0.29, 0.717) is 25.1 Å². The Kier molecular flexibility index (Phi) is 4.88. The Labute approximate surface area is 162 Å². The van der Waals surface area contributed by atoms with Crippen LogP contribution in [0.1, 0.15) is 34.2 Å². The molecule has 2 aromatic carbocycles. The van der Waals surface area contributed by atoms with E-state index in [1.165, 1.54) is 0 Å². The average molecular weight is 378 g/mol. The van der Waals surface area contributed by atoms with Crippen LogP contribution in [0.2, 0.25) is 0 Å². The van der Waals surface area contributed by atoms with Crippen molar-refractivity contribution in [2.24, 2.45) is 5.73 Å². The number of esters is 1. The third-order valence-electron chi connectivity index (χ3n) is 5.19. The van der Waals surface area contributed by atoms with Crippen LogP contribution in [-0.4, -0.2) is 29.4 Å². The molecule has 2 N–H and O–H groups in total. The summed E-state index contributed by atoms with van der Waals surface area (Å²) in [6, 6.07) is 15.1. The zero-order valence-corrected chi connectivity index (χ0v) is 15.7. The summed E-state index contributed by atoms with van der Waals surface area (Å²) in [5.74, 6) is -0.688. The van der Waals surface area contributed by atoms with Crippen LogP contribution < -0.4 is 5.73 Å². The van der Waals surface area contributed by atoms with E-state index in [-0.39, 0.29) is 18.3 Å². The summed E-state index contributed by atoms with van der Waals surface area (Å²) in [6.45, 7) is 2.96. The van der Waals surface area contributed by atoms with Gasteiger partial charge >= 0.3 is 5.97 Å². The third kappa shape index (κ3) is 3.27. The van der Waals surface area contributed by atoms with Gasteiger partial charge in [-0.25, -0.2) is 4.79 Å². The molecule has 0 spiro atoms. The number of fused-ring (bicyclic) bond motifs is 2. The van der Waals surface area contributed by atoms with E-state index in [4.69, 9.17) is 14.9 Å². The zero-order chi connectivity index (χ0) is 19.7. The van der Waals surface area contributed by atoms with Crippen LogP contribution in [-0.2, 0) is 29.0 Å². The van der Waals surface area contributed by atoms with Crippen molar-refractivity contribution >= 4 is 22.8 Å². The van der Waals surface area contributed by atoms with Gasteiger partial charge in [-0.15, -0.1) is 0 Å². The number of carbonyl (C=O) groups excluding carboxylic acids is 2. The lowest BCUT2D eigenvalue weighted by Gasteiger charge is -2.35. The molecule has 0 aliphatic carbocycles. The number of rotatable bonds is 5. The van der Waals surface area contributed by atoms with Gasteiger partial charge < -0.3 is 14.9 Å². The van der Waals surface area contributed by atoms with Crippen LogP contribution in [0, 0.1) is 0 Å². The molecule has 1 aliphatic rings. The van der Waals surface area contributed by atoms with E-state index in [0.717, 1.165) is 22.1 Å². The summed E-state index contributed by atoms with van der Waals surface area (Å²) < 4.78 is 11.0. The van der Waals surface area contributed by atoms with E-state index in [1.54, 1.807) is 6.92 Å². The van der Waals surface area contributed by atoms with Crippen LogP contribution >= 0.6 is 0 Å². The minimum absolute atomic E-state index is 0.185. The maximum atomic E-state index is 12.5. The molecule has 3 aromatic rings. The Morgan fingerprint density at radius 2 is 1.86 bits per heavy atom. The van der Waals surface area contributed by atoms with E-state index in [9.17, 15) is 9.59 Å². The fraction of sp³-hybridized carbons (Fsp3) is 0.273. The molecule has 144 valence electrons. The Morgan fingerprint density at radius 3 is 2.61 bits per heavy atom. The number of amides is 1. The lowest BCUT2D eigenvalue weighted by Crippen LogP contribution is -2.48. The molecule has 1 amide bonds. The first-order valence-corrected chi connectivity index (χ1v) is 9.36. The Balaban J connectivity index is 1.75. The van der Waals surface area contributed by atoms with Crippen molar-refractivity contribution in [3.63, 3.8) is 0 Å². The van der Waals surface area contributed by atoms with Crippen molar-refractivity contribution < 1.29 is 18.7 Å². The summed E-state index contributed by atoms with van der Waals surface area (Å²) in [4.78, 5) is 26.6. The van der Waals surface area contributed by atoms with Crippen molar-refractivity contribution in [1.29, 1.82) is 0 Å². The van der Waals surface area contributed by atoms with Crippen molar-refractivity contribution in [2.45, 2.75) is 32.5 Å². The highest BCUT2D eigenvalue weighted by molar-refractivity contribution is 5.96. The van der Waals surface area contributed by atoms with Crippen LogP contribution in [0.5, 0.6) is 0 Å². The number of ether oxygens (including phenoxy) is 1. The standard InChI is InChI=1S/C22H22N2O4/c1-2-27-22(26)20-17(16-9-5-6-10-19(16)28-20)13-24-12-15-8-4-3-7-14(15)11-18(24)21(23)25/h3-10,18H,2,11-13H2,1H3,(H2,23,25)/t18-/m0/s1. The number of nitrogens with two attached hydrogens (primary N) is 1. The first-order chi connectivity index (χ1) is 13.6. The molecule has 0 radical (unpaired) electrons. The fourth-order valence-electron chi connectivity index (χ4n) is 3.84. The van der Waals surface area contributed by atoms with Gasteiger partial charge in [-0.2, -0.15) is 0 Å². The van der Waals surface area contributed by atoms with E-state index >= 15 is 0 Å². The molecule has 0 fully saturated rings. The minimum Gasteiger partial charge on any atom is -0.460 e. The SMILES string of the molecule is CCOC(=O)c1oc2ccccc2c1CN1Cc2ccccc2C[C@H]1C(N)=O. The van der Waals surface area contributed by atoms with Crippen molar-refractivity contribution in [3.8, 4) is 0 Å². The molecular formula is C22H22N2O4. The summed E-state index contributed by atoms with van der Waals surface area (Å²) >= 11 is 0. The molecular weight excluding hydrogens is 356 g/mol. The normalized spacial score (nSPS) is 16.7. The number of benzene rings is 2. The molecule has 0 bridgehead atoms. The second-order valence-corrected chi connectivity index (χ2v) is 6.92. The van der Waals surface area contributed by atoms with E-state index in [2.05, 4.69) is 6.07 Å². The molecule has 6 heteroatoms. The fourth-order valence-corrected chi connectivity index (χ4v) is 3.84. The van der Waals surface area contributed by atoms with Gasteiger partial charge in [0.15, 0.2) is 0 Å². The third-order valence-corrected chi connectivity index (χ3v) is 5.19. The second-order valence-electron chi connectivity index (χ2n) is 6.92. The van der Waals surface area contributed by atoms with Gasteiger partial charge in [0.05, 0.1) is 12.6 Å². The van der Waals surface area contributed by atoms with Gasteiger partial charge in [0, 0.05) is 24.0 Å². The molecule has 1 atom stereocenters. The van der Waals surface area contributed by atoms with Gasteiger partial charge in [0.2, 0.25) is 11.7 Å². The predicted octanol–water partition coefficient (Wildman–Crippen LogP) is 3.02. The van der Waals surface area contributed by atoms with Crippen molar-refractivity contribution in [3.05, 3.63) is 71.0 Å². The Hall–Kier alpha value is -3.12. The summed E-state index contributed by atoms with van der Waals surface area (Å²) in [5, 5.41) is 0.840. The Morgan fingerprint density at radius 1 is 1.14 bits per heavy atom. The number of furan rings is 1.